The highest BCUT2D eigenvalue weighted by Gasteiger charge is 2.20. The maximum atomic E-state index is 5.48. The number of nitrogens with zero attached hydrogens (tertiary/aromatic N) is 5. The molecular weight excluding hydrogens is 426 g/mol. The van der Waals surface area contributed by atoms with Gasteiger partial charge in [0.15, 0.2) is 10.3 Å². The van der Waals surface area contributed by atoms with E-state index in [0.717, 1.165) is 35.9 Å². The van der Waals surface area contributed by atoms with Crippen LogP contribution >= 0.6 is 24.0 Å². The van der Waals surface area contributed by atoms with E-state index in [9.17, 15) is 0 Å². The zero-order valence-electron chi connectivity index (χ0n) is 17.4. The molecule has 2 aromatic heterocycles. The summed E-state index contributed by atoms with van der Waals surface area (Å²) < 4.78 is 0. The number of aromatic nitrogens is 4. The summed E-state index contributed by atoms with van der Waals surface area (Å²) >= 11 is 6.89. The highest BCUT2D eigenvalue weighted by molar-refractivity contribution is 7.99. The van der Waals surface area contributed by atoms with Crippen LogP contribution in [0.1, 0.15) is 25.3 Å². The van der Waals surface area contributed by atoms with Gasteiger partial charge >= 0.3 is 0 Å². The monoisotopic (exact) mass is 451 g/mol. The fourth-order valence-electron chi connectivity index (χ4n) is 3.44. The molecule has 0 saturated carbocycles. The third-order valence-corrected chi connectivity index (χ3v) is 5.99. The van der Waals surface area contributed by atoms with Gasteiger partial charge in [-0.15, -0.1) is 0 Å². The first kappa shape index (κ1) is 21.5. The van der Waals surface area contributed by atoms with Crippen LogP contribution in [0.5, 0.6) is 0 Å². The van der Waals surface area contributed by atoms with Gasteiger partial charge in [0.2, 0.25) is 5.95 Å². The predicted octanol–water partition coefficient (Wildman–Crippen LogP) is 4.14. The van der Waals surface area contributed by atoms with Crippen LogP contribution < -0.4 is 15.5 Å². The molecule has 0 aliphatic carbocycles. The summed E-state index contributed by atoms with van der Waals surface area (Å²) in [6.45, 7) is 4.89. The molecule has 1 aliphatic heterocycles. The van der Waals surface area contributed by atoms with E-state index in [1.165, 1.54) is 18.2 Å². The van der Waals surface area contributed by atoms with Gasteiger partial charge in [-0.3, -0.25) is 0 Å². The fraction of sp³-hybridized carbons (Fsp3) is 0.318. The normalized spacial score (nSPS) is 16.0. The van der Waals surface area contributed by atoms with Crippen molar-refractivity contribution in [1.29, 1.82) is 0 Å². The van der Waals surface area contributed by atoms with Gasteiger partial charge in [-0.1, -0.05) is 37.3 Å². The molecule has 160 valence electrons. The number of benzene rings is 1. The second-order valence-corrected chi connectivity index (χ2v) is 8.90. The van der Waals surface area contributed by atoms with Crippen LogP contribution in [-0.2, 0) is 6.54 Å². The first-order valence-corrected chi connectivity index (χ1v) is 11.6. The Balaban J connectivity index is 1.51. The zero-order chi connectivity index (χ0) is 21.5. The second kappa shape index (κ2) is 10.5. The van der Waals surface area contributed by atoms with Gasteiger partial charge in [0, 0.05) is 38.1 Å². The van der Waals surface area contributed by atoms with Crippen LogP contribution in [0.3, 0.4) is 0 Å². The van der Waals surface area contributed by atoms with E-state index in [1.807, 2.05) is 24.3 Å². The van der Waals surface area contributed by atoms with Crippen molar-refractivity contribution < 1.29 is 0 Å². The molecule has 1 aromatic carbocycles. The van der Waals surface area contributed by atoms with Crippen molar-refractivity contribution in [3.8, 4) is 0 Å². The fourth-order valence-corrected chi connectivity index (χ4v) is 4.31. The van der Waals surface area contributed by atoms with E-state index < -0.39 is 0 Å². The number of piperidine rings is 1. The Morgan fingerprint density at radius 3 is 2.74 bits per heavy atom. The van der Waals surface area contributed by atoms with Crippen molar-refractivity contribution in [3.05, 3.63) is 60.4 Å². The first-order valence-electron chi connectivity index (χ1n) is 10.3. The molecule has 7 nitrogen and oxygen atoms in total. The van der Waals surface area contributed by atoms with E-state index in [-0.39, 0.29) is 0 Å². The van der Waals surface area contributed by atoms with E-state index >= 15 is 0 Å². The van der Waals surface area contributed by atoms with Crippen molar-refractivity contribution in [1.82, 2.24) is 25.3 Å². The minimum Gasteiger partial charge on any atom is -0.358 e. The minimum absolute atomic E-state index is 0.472. The lowest BCUT2D eigenvalue weighted by Crippen LogP contribution is -2.35. The van der Waals surface area contributed by atoms with Crippen molar-refractivity contribution in [3.63, 3.8) is 0 Å². The van der Waals surface area contributed by atoms with Crippen molar-refractivity contribution in [2.45, 2.75) is 36.5 Å². The van der Waals surface area contributed by atoms with Gasteiger partial charge < -0.3 is 15.5 Å². The van der Waals surface area contributed by atoms with Gasteiger partial charge in [0.05, 0.1) is 0 Å². The largest absolute Gasteiger partial charge is 0.358 e. The van der Waals surface area contributed by atoms with Gasteiger partial charge in [0.25, 0.3) is 0 Å². The van der Waals surface area contributed by atoms with Crippen molar-refractivity contribution in [2.75, 3.05) is 23.3 Å². The maximum absolute atomic E-state index is 5.48. The van der Waals surface area contributed by atoms with Crippen LogP contribution in [0.15, 0.2) is 65.0 Å². The quantitative estimate of drug-likeness (QED) is 0.326. The zero-order valence-corrected chi connectivity index (χ0v) is 19.0. The number of hydrogen-bond donors (Lipinski definition) is 2. The standard InChI is InChI=1S/C22H25N7S2/c1-16-7-5-12-29(15-16)18-13-19(31-22-23-10-6-11-24-22)27-20(26-18)28-21(30)25-14-17-8-3-2-4-9-17/h2-4,6,8-11,13,16H,5,7,12,14-15H2,1H3,(H2,25,26,27,28,30)/t16-/m0/s1. The van der Waals surface area contributed by atoms with Gasteiger partial charge in [0.1, 0.15) is 10.8 Å². The van der Waals surface area contributed by atoms with Gasteiger partial charge in [-0.05, 0) is 54.4 Å². The van der Waals surface area contributed by atoms with Crippen LogP contribution in [0.4, 0.5) is 11.8 Å². The summed E-state index contributed by atoms with van der Waals surface area (Å²) in [6.07, 6.45) is 5.87. The van der Waals surface area contributed by atoms with Crippen LogP contribution in [0.2, 0.25) is 0 Å². The Hall–Kier alpha value is -2.78. The average Bonchev–Trinajstić information content (AvgIpc) is 2.79. The molecule has 1 atom stereocenters. The molecule has 9 heteroatoms. The summed E-state index contributed by atoms with van der Waals surface area (Å²) in [4.78, 5) is 20.3. The Morgan fingerprint density at radius 2 is 1.97 bits per heavy atom. The maximum Gasteiger partial charge on any atom is 0.232 e. The lowest BCUT2D eigenvalue weighted by atomic mass is 10.0. The van der Waals surface area contributed by atoms with Crippen LogP contribution in [0, 0.1) is 5.92 Å². The highest BCUT2D eigenvalue weighted by atomic mass is 32.2. The molecule has 0 amide bonds. The Morgan fingerprint density at radius 1 is 1.16 bits per heavy atom. The molecular formula is C22H25N7S2. The smallest absolute Gasteiger partial charge is 0.232 e. The summed E-state index contributed by atoms with van der Waals surface area (Å²) in [6, 6.07) is 13.9. The molecule has 4 rings (SSSR count). The van der Waals surface area contributed by atoms with E-state index in [0.29, 0.717) is 28.7 Å². The predicted molar refractivity (Wildman–Crippen MR) is 128 cm³/mol. The minimum atomic E-state index is 0.472. The third-order valence-electron chi connectivity index (χ3n) is 4.93. The second-order valence-electron chi connectivity index (χ2n) is 7.51. The number of rotatable bonds is 6. The van der Waals surface area contributed by atoms with Crippen molar-refractivity contribution >= 4 is 40.9 Å². The lowest BCUT2D eigenvalue weighted by molar-refractivity contribution is 0.444. The number of thiocarbonyl (C=S) groups is 1. The van der Waals surface area contributed by atoms with E-state index in [1.54, 1.807) is 18.5 Å². The number of hydrogen-bond acceptors (Lipinski definition) is 7. The van der Waals surface area contributed by atoms with Crippen molar-refractivity contribution in [2.24, 2.45) is 5.92 Å². The summed E-state index contributed by atoms with van der Waals surface area (Å²) in [5, 5.41) is 8.28. The Kier molecular flexibility index (Phi) is 7.26. The van der Waals surface area contributed by atoms with E-state index in [4.69, 9.17) is 17.2 Å². The molecule has 0 bridgehead atoms. The van der Waals surface area contributed by atoms with E-state index in [2.05, 4.69) is 49.5 Å². The molecule has 0 unspecified atom stereocenters. The summed E-state index contributed by atoms with van der Waals surface area (Å²) in [7, 11) is 0. The number of nitrogens with one attached hydrogen (secondary N) is 2. The molecule has 1 fully saturated rings. The molecule has 0 spiro atoms. The molecule has 1 saturated heterocycles. The van der Waals surface area contributed by atoms with Crippen LogP contribution in [0.25, 0.3) is 0 Å². The molecule has 3 aromatic rings. The summed E-state index contributed by atoms with van der Waals surface area (Å²) in [5.41, 5.74) is 1.15. The first-order chi connectivity index (χ1) is 15.2. The number of anilines is 2. The Bertz CT molecular complexity index is 1000. The molecule has 1 aliphatic rings. The Labute approximate surface area is 192 Å². The average molecular weight is 452 g/mol. The van der Waals surface area contributed by atoms with Gasteiger partial charge in [-0.25, -0.2) is 15.0 Å². The molecule has 0 radical (unpaired) electrons. The third kappa shape index (κ3) is 6.35. The molecule has 3 heterocycles. The molecule has 31 heavy (non-hydrogen) atoms. The molecule has 2 N–H and O–H groups in total. The lowest BCUT2D eigenvalue weighted by Gasteiger charge is -2.32. The van der Waals surface area contributed by atoms with Gasteiger partial charge in [-0.2, -0.15) is 4.98 Å². The summed E-state index contributed by atoms with van der Waals surface area (Å²) in [5.74, 6) is 2.01. The SMILES string of the molecule is C[C@H]1CCCN(c2cc(Sc3ncccn3)nc(NC(=S)NCc3ccccc3)n2)C1. The topological polar surface area (TPSA) is 78.9 Å². The van der Waals surface area contributed by atoms with Crippen LogP contribution in [-0.4, -0.2) is 38.1 Å². The highest BCUT2D eigenvalue weighted by Crippen LogP contribution is 2.29.